The zero-order valence-corrected chi connectivity index (χ0v) is 16.6. The molecule has 0 bridgehead atoms. The lowest BCUT2D eigenvalue weighted by molar-refractivity contribution is 0.0942. The molecule has 29 heavy (non-hydrogen) atoms. The molecule has 4 rings (SSSR count). The first-order valence-electron chi connectivity index (χ1n) is 9.77. The standard InChI is InChI=1S/C24H24N2O3/c1-3-28-20-10-8-18(9-11-20)15-25-24(27)22-14-23-21(12-13-29-23)26(22)16-19-7-5-4-6-17(19)2/h4-14H,3,15-16H2,1-2H3,(H,25,27). The molecule has 5 heteroatoms. The summed E-state index contributed by atoms with van der Waals surface area (Å²) in [6, 6.07) is 19.7. The summed E-state index contributed by atoms with van der Waals surface area (Å²) in [5, 5.41) is 3.02. The second-order valence-electron chi connectivity index (χ2n) is 6.97. The van der Waals surface area contributed by atoms with Crippen LogP contribution in [0.25, 0.3) is 11.1 Å². The van der Waals surface area contributed by atoms with Crippen molar-refractivity contribution >= 4 is 17.0 Å². The van der Waals surface area contributed by atoms with Crippen molar-refractivity contribution in [3.05, 3.63) is 89.3 Å². The summed E-state index contributed by atoms with van der Waals surface area (Å²) < 4.78 is 13.0. The molecule has 2 heterocycles. The number of aromatic nitrogens is 1. The van der Waals surface area contributed by atoms with Crippen molar-refractivity contribution in [2.45, 2.75) is 26.9 Å². The summed E-state index contributed by atoms with van der Waals surface area (Å²) in [6.07, 6.45) is 1.65. The summed E-state index contributed by atoms with van der Waals surface area (Å²) in [6.45, 7) is 5.73. The Morgan fingerprint density at radius 1 is 1.10 bits per heavy atom. The van der Waals surface area contributed by atoms with Gasteiger partial charge in [-0.2, -0.15) is 0 Å². The Kier molecular flexibility index (Phi) is 5.38. The van der Waals surface area contributed by atoms with E-state index in [0.29, 0.717) is 31.0 Å². The Bertz CT molecular complexity index is 1120. The van der Waals surface area contributed by atoms with Gasteiger partial charge in [-0.1, -0.05) is 36.4 Å². The first kappa shape index (κ1) is 18.9. The Hall–Kier alpha value is -3.47. The average molecular weight is 388 g/mol. The van der Waals surface area contributed by atoms with Gasteiger partial charge in [0.2, 0.25) is 0 Å². The molecule has 5 nitrogen and oxygen atoms in total. The maximum atomic E-state index is 13.0. The number of ether oxygens (including phenoxy) is 1. The summed E-state index contributed by atoms with van der Waals surface area (Å²) >= 11 is 0. The van der Waals surface area contributed by atoms with Crippen molar-refractivity contribution in [2.24, 2.45) is 0 Å². The van der Waals surface area contributed by atoms with E-state index in [2.05, 4.69) is 24.4 Å². The van der Waals surface area contributed by atoms with Crippen LogP contribution < -0.4 is 10.1 Å². The third-order valence-corrected chi connectivity index (χ3v) is 5.03. The summed E-state index contributed by atoms with van der Waals surface area (Å²) in [5.41, 5.74) is 5.60. The molecule has 0 radical (unpaired) electrons. The predicted octanol–water partition coefficient (Wildman–Crippen LogP) is 4.92. The molecule has 2 aromatic carbocycles. The Labute approximate surface area is 169 Å². The minimum absolute atomic E-state index is 0.126. The molecular formula is C24H24N2O3. The van der Waals surface area contributed by atoms with Gasteiger partial charge in [-0.15, -0.1) is 0 Å². The number of rotatable bonds is 7. The van der Waals surface area contributed by atoms with E-state index in [9.17, 15) is 4.79 Å². The van der Waals surface area contributed by atoms with Gasteiger partial charge >= 0.3 is 0 Å². The first-order valence-corrected chi connectivity index (χ1v) is 9.77. The summed E-state index contributed by atoms with van der Waals surface area (Å²) in [5.74, 6) is 0.703. The molecule has 0 aliphatic rings. The van der Waals surface area contributed by atoms with Crippen molar-refractivity contribution in [3.8, 4) is 5.75 Å². The normalized spacial score (nSPS) is 11.0. The minimum Gasteiger partial charge on any atom is -0.494 e. The third kappa shape index (κ3) is 4.04. The number of carbonyl (C=O) groups excluding carboxylic acids is 1. The van der Waals surface area contributed by atoms with Crippen LogP contribution in [0, 0.1) is 6.92 Å². The fourth-order valence-corrected chi connectivity index (χ4v) is 3.44. The fourth-order valence-electron chi connectivity index (χ4n) is 3.44. The molecule has 0 saturated heterocycles. The summed E-state index contributed by atoms with van der Waals surface area (Å²) in [7, 11) is 0. The van der Waals surface area contributed by atoms with Crippen LogP contribution in [0.15, 0.2) is 71.3 Å². The number of fused-ring (bicyclic) bond motifs is 1. The van der Waals surface area contributed by atoms with Gasteiger partial charge < -0.3 is 19.0 Å². The number of hydrogen-bond donors (Lipinski definition) is 1. The maximum absolute atomic E-state index is 13.0. The van der Waals surface area contributed by atoms with Crippen molar-refractivity contribution < 1.29 is 13.9 Å². The second kappa shape index (κ2) is 8.27. The number of aryl methyl sites for hydroxylation is 1. The maximum Gasteiger partial charge on any atom is 0.268 e. The van der Waals surface area contributed by atoms with Crippen LogP contribution in [0.2, 0.25) is 0 Å². The van der Waals surface area contributed by atoms with E-state index in [1.54, 1.807) is 12.3 Å². The average Bonchev–Trinajstić information content (AvgIpc) is 3.32. The van der Waals surface area contributed by atoms with E-state index in [1.165, 1.54) is 11.1 Å². The quantitative estimate of drug-likeness (QED) is 0.489. The van der Waals surface area contributed by atoms with Gasteiger partial charge in [0.1, 0.15) is 11.4 Å². The molecule has 1 amide bonds. The Morgan fingerprint density at radius 3 is 2.66 bits per heavy atom. The van der Waals surface area contributed by atoms with Crippen molar-refractivity contribution in [3.63, 3.8) is 0 Å². The van der Waals surface area contributed by atoms with Gasteiger partial charge in [0, 0.05) is 25.2 Å². The highest BCUT2D eigenvalue weighted by molar-refractivity contribution is 5.97. The fraction of sp³-hybridized carbons (Fsp3) is 0.208. The van der Waals surface area contributed by atoms with Crippen molar-refractivity contribution in [2.75, 3.05) is 6.61 Å². The van der Waals surface area contributed by atoms with Gasteiger partial charge in [-0.05, 0) is 42.7 Å². The molecule has 0 fully saturated rings. The molecule has 148 valence electrons. The monoisotopic (exact) mass is 388 g/mol. The second-order valence-corrected chi connectivity index (χ2v) is 6.97. The molecule has 1 N–H and O–H groups in total. The van der Waals surface area contributed by atoms with Crippen LogP contribution in [0.1, 0.15) is 34.1 Å². The van der Waals surface area contributed by atoms with Crippen LogP contribution in [0.5, 0.6) is 5.75 Å². The van der Waals surface area contributed by atoms with E-state index in [4.69, 9.17) is 9.15 Å². The van der Waals surface area contributed by atoms with E-state index in [1.807, 2.05) is 54.0 Å². The molecule has 0 aliphatic heterocycles. The molecule has 0 aliphatic carbocycles. The van der Waals surface area contributed by atoms with Crippen molar-refractivity contribution in [1.82, 2.24) is 9.88 Å². The molecule has 0 atom stereocenters. The van der Waals surface area contributed by atoms with Crippen LogP contribution in [-0.4, -0.2) is 17.1 Å². The largest absolute Gasteiger partial charge is 0.494 e. The van der Waals surface area contributed by atoms with Crippen molar-refractivity contribution in [1.29, 1.82) is 0 Å². The lowest BCUT2D eigenvalue weighted by atomic mass is 10.1. The number of carbonyl (C=O) groups is 1. The molecule has 2 aromatic heterocycles. The van der Waals surface area contributed by atoms with E-state index in [0.717, 1.165) is 16.8 Å². The smallest absolute Gasteiger partial charge is 0.268 e. The zero-order valence-electron chi connectivity index (χ0n) is 16.6. The highest BCUT2D eigenvalue weighted by atomic mass is 16.5. The number of furan rings is 1. The van der Waals surface area contributed by atoms with Crippen LogP contribution in [0.3, 0.4) is 0 Å². The highest BCUT2D eigenvalue weighted by Crippen LogP contribution is 2.23. The SMILES string of the molecule is CCOc1ccc(CNC(=O)c2cc3occc3n2Cc2ccccc2C)cc1. The lowest BCUT2D eigenvalue weighted by Gasteiger charge is -2.12. The molecule has 0 unspecified atom stereocenters. The van der Waals surface area contributed by atoms with Gasteiger partial charge in [0.05, 0.1) is 18.4 Å². The van der Waals surface area contributed by atoms with Crippen LogP contribution in [0.4, 0.5) is 0 Å². The van der Waals surface area contributed by atoms with Gasteiger partial charge in [0.25, 0.3) is 5.91 Å². The number of nitrogens with zero attached hydrogens (tertiary/aromatic N) is 1. The minimum atomic E-state index is -0.126. The van der Waals surface area contributed by atoms with Gasteiger partial charge in [0.15, 0.2) is 5.58 Å². The predicted molar refractivity (Wildman–Crippen MR) is 113 cm³/mol. The Morgan fingerprint density at radius 2 is 1.90 bits per heavy atom. The highest BCUT2D eigenvalue weighted by Gasteiger charge is 2.18. The first-order chi connectivity index (χ1) is 14.2. The van der Waals surface area contributed by atoms with Gasteiger partial charge in [-0.3, -0.25) is 4.79 Å². The Balaban J connectivity index is 1.54. The zero-order chi connectivity index (χ0) is 20.2. The van der Waals surface area contributed by atoms with Gasteiger partial charge in [-0.25, -0.2) is 0 Å². The topological polar surface area (TPSA) is 56.4 Å². The number of amides is 1. The molecular weight excluding hydrogens is 364 g/mol. The van der Waals surface area contributed by atoms with E-state index < -0.39 is 0 Å². The third-order valence-electron chi connectivity index (χ3n) is 5.03. The lowest BCUT2D eigenvalue weighted by Crippen LogP contribution is -2.25. The summed E-state index contributed by atoms with van der Waals surface area (Å²) in [4.78, 5) is 13.0. The van der Waals surface area contributed by atoms with Crippen LogP contribution in [-0.2, 0) is 13.1 Å². The molecule has 0 saturated carbocycles. The van der Waals surface area contributed by atoms with E-state index >= 15 is 0 Å². The van der Waals surface area contributed by atoms with Crippen LogP contribution >= 0.6 is 0 Å². The number of benzene rings is 2. The van der Waals surface area contributed by atoms with E-state index in [-0.39, 0.29) is 5.91 Å². The molecule has 4 aromatic rings. The number of nitrogens with one attached hydrogen (secondary N) is 1. The number of hydrogen-bond acceptors (Lipinski definition) is 3. The molecule has 0 spiro atoms.